The fourth-order valence-electron chi connectivity index (χ4n) is 1.27. The van der Waals surface area contributed by atoms with E-state index in [0.717, 1.165) is 12.1 Å². The quantitative estimate of drug-likeness (QED) is 0.644. The first kappa shape index (κ1) is 14.0. The van der Waals surface area contributed by atoms with Crippen LogP contribution in [0.5, 0.6) is 11.5 Å². The predicted octanol–water partition coefficient (Wildman–Crippen LogP) is 2.22. The van der Waals surface area contributed by atoms with E-state index in [1.165, 1.54) is 7.11 Å². The van der Waals surface area contributed by atoms with Crippen LogP contribution >= 0.6 is 0 Å². The van der Waals surface area contributed by atoms with Gasteiger partial charge >= 0.3 is 0 Å². The molecule has 0 aliphatic rings. The van der Waals surface area contributed by atoms with E-state index in [9.17, 15) is 4.79 Å². The molecule has 1 aromatic carbocycles. The van der Waals surface area contributed by atoms with Crippen molar-refractivity contribution in [2.75, 3.05) is 14.2 Å². The number of carbonyl (C=O) groups excluding carboxylic acids is 1. The summed E-state index contributed by atoms with van der Waals surface area (Å²) in [5.41, 5.74) is 3.83. The molecule has 0 saturated heterocycles. The first-order chi connectivity index (χ1) is 8.62. The topological polar surface area (TPSA) is 59.9 Å². The third-order valence-electron chi connectivity index (χ3n) is 2.51. The summed E-state index contributed by atoms with van der Waals surface area (Å²) in [6, 6.07) is 4.96. The molecule has 18 heavy (non-hydrogen) atoms. The van der Waals surface area contributed by atoms with Crippen molar-refractivity contribution in [1.29, 1.82) is 0 Å². The minimum absolute atomic E-state index is 0.274. The monoisotopic (exact) mass is 250 g/mol. The summed E-state index contributed by atoms with van der Waals surface area (Å²) < 4.78 is 10.2. The number of rotatable bonds is 5. The average molecular weight is 250 g/mol. The average Bonchev–Trinajstić information content (AvgIpc) is 2.43. The number of hydrogen-bond acceptors (Lipinski definition) is 4. The van der Waals surface area contributed by atoms with Gasteiger partial charge in [0.25, 0.3) is 5.91 Å². The summed E-state index contributed by atoms with van der Waals surface area (Å²) in [6.45, 7) is 3.83. The van der Waals surface area contributed by atoms with Gasteiger partial charge in [0.05, 0.1) is 14.2 Å². The van der Waals surface area contributed by atoms with E-state index in [4.69, 9.17) is 9.47 Å². The SMILES string of the molecule is CC/C(C)=N/NC(=O)c1ccc(OC)c(OC)c1. The Bertz CT molecular complexity index is 456. The lowest BCUT2D eigenvalue weighted by molar-refractivity contribution is 0.0954. The third kappa shape index (κ3) is 3.48. The van der Waals surface area contributed by atoms with Crippen LogP contribution < -0.4 is 14.9 Å². The lowest BCUT2D eigenvalue weighted by atomic mass is 10.2. The van der Waals surface area contributed by atoms with E-state index in [1.807, 2.05) is 13.8 Å². The van der Waals surface area contributed by atoms with E-state index >= 15 is 0 Å². The van der Waals surface area contributed by atoms with E-state index < -0.39 is 0 Å². The van der Waals surface area contributed by atoms with Crippen molar-refractivity contribution in [3.05, 3.63) is 23.8 Å². The number of ether oxygens (including phenoxy) is 2. The van der Waals surface area contributed by atoms with Crippen LogP contribution in [0.2, 0.25) is 0 Å². The van der Waals surface area contributed by atoms with Crippen LogP contribution in [0.25, 0.3) is 0 Å². The van der Waals surface area contributed by atoms with Gasteiger partial charge < -0.3 is 9.47 Å². The fourth-order valence-corrected chi connectivity index (χ4v) is 1.27. The second-order valence-electron chi connectivity index (χ2n) is 3.71. The molecule has 0 heterocycles. The number of nitrogens with one attached hydrogen (secondary N) is 1. The summed E-state index contributed by atoms with van der Waals surface area (Å²) >= 11 is 0. The third-order valence-corrected chi connectivity index (χ3v) is 2.51. The highest BCUT2D eigenvalue weighted by molar-refractivity contribution is 5.95. The highest BCUT2D eigenvalue weighted by Crippen LogP contribution is 2.27. The van der Waals surface area contributed by atoms with Gasteiger partial charge in [-0.15, -0.1) is 0 Å². The first-order valence-corrected chi connectivity index (χ1v) is 5.67. The zero-order valence-corrected chi connectivity index (χ0v) is 11.1. The summed E-state index contributed by atoms with van der Waals surface area (Å²) in [4.78, 5) is 11.8. The van der Waals surface area contributed by atoms with Crippen LogP contribution in [0.1, 0.15) is 30.6 Å². The Balaban J connectivity index is 2.87. The van der Waals surface area contributed by atoms with Gasteiger partial charge in [-0.05, 0) is 31.5 Å². The second-order valence-corrected chi connectivity index (χ2v) is 3.71. The number of nitrogens with zero attached hydrogens (tertiary/aromatic N) is 1. The number of amides is 1. The van der Waals surface area contributed by atoms with E-state index in [1.54, 1.807) is 25.3 Å². The van der Waals surface area contributed by atoms with Gasteiger partial charge in [0, 0.05) is 11.3 Å². The van der Waals surface area contributed by atoms with Crippen molar-refractivity contribution in [2.45, 2.75) is 20.3 Å². The fraction of sp³-hybridized carbons (Fsp3) is 0.385. The number of hydrogen-bond donors (Lipinski definition) is 1. The molecule has 1 amide bonds. The van der Waals surface area contributed by atoms with Crippen molar-refractivity contribution in [3.8, 4) is 11.5 Å². The largest absolute Gasteiger partial charge is 0.493 e. The summed E-state index contributed by atoms with van der Waals surface area (Å²) in [7, 11) is 3.07. The molecule has 5 heteroatoms. The van der Waals surface area contributed by atoms with Crippen LogP contribution in [0.15, 0.2) is 23.3 Å². The van der Waals surface area contributed by atoms with E-state index in [2.05, 4.69) is 10.5 Å². The number of carbonyl (C=O) groups is 1. The highest BCUT2D eigenvalue weighted by Gasteiger charge is 2.09. The van der Waals surface area contributed by atoms with E-state index in [0.29, 0.717) is 17.1 Å². The maximum absolute atomic E-state index is 11.8. The smallest absolute Gasteiger partial charge is 0.271 e. The molecule has 0 aliphatic carbocycles. The van der Waals surface area contributed by atoms with Gasteiger partial charge in [0.2, 0.25) is 0 Å². The minimum atomic E-state index is -0.274. The van der Waals surface area contributed by atoms with Crippen LogP contribution in [0.3, 0.4) is 0 Å². The molecule has 1 aromatic rings. The Morgan fingerprint density at radius 1 is 1.28 bits per heavy atom. The lowest BCUT2D eigenvalue weighted by Crippen LogP contribution is -2.19. The molecule has 0 unspecified atom stereocenters. The van der Waals surface area contributed by atoms with Crippen molar-refractivity contribution < 1.29 is 14.3 Å². The van der Waals surface area contributed by atoms with Crippen molar-refractivity contribution in [1.82, 2.24) is 5.43 Å². The zero-order chi connectivity index (χ0) is 13.5. The van der Waals surface area contributed by atoms with Gasteiger partial charge in [-0.2, -0.15) is 5.10 Å². The lowest BCUT2D eigenvalue weighted by Gasteiger charge is -2.08. The molecule has 98 valence electrons. The van der Waals surface area contributed by atoms with Crippen LogP contribution in [0, 0.1) is 0 Å². The molecule has 5 nitrogen and oxygen atoms in total. The highest BCUT2D eigenvalue weighted by atomic mass is 16.5. The van der Waals surface area contributed by atoms with Gasteiger partial charge in [0.15, 0.2) is 11.5 Å². The number of benzene rings is 1. The molecule has 0 bridgehead atoms. The number of hydrazone groups is 1. The van der Waals surface area contributed by atoms with Crippen LogP contribution in [-0.4, -0.2) is 25.8 Å². The molecular formula is C13H18N2O3. The molecule has 0 fully saturated rings. The van der Waals surface area contributed by atoms with Crippen molar-refractivity contribution in [3.63, 3.8) is 0 Å². The summed E-state index contributed by atoms with van der Waals surface area (Å²) in [5.74, 6) is 0.826. The molecular weight excluding hydrogens is 232 g/mol. The molecule has 0 aromatic heterocycles. The molecule has 0 atom stereocenters. The van der Waals surface area contributed by atoms with Gasteiger partial charge in [-0.3, -0.25) is 4.79 Å². The van der Waals surface area contributed by atoms with Gasteiger partial charge in [-0.25, -0.2) is 5.43 Å². The number of methoxy groups -OCH3 is 2. The van der Waals surface area contributed by atoms with E-state index in [-0.39, 0.29) is 5.91 Å². The zero-order valence-electron chi connectivity index (χ0n) is 11.1. The Hall–Kier alpha value is -2.04. The van der Waals surface area contributed by atoms with Crippen LogP contribution in [0.4, 0.5) is 0 Å². The molecule has 0 aliphatic heterocycles. The molecule has 0 spiro atoms. The maximum Gasteiger partial charge on any atom is 0.271 e. The Kier molecular flexibility index (Phi) is 5.17. The standard InChI is InChI=1S/C13H18N2O3/c1-5-9(2)14-15-13(16)10-6-7-11(17-3)12(8-10)18-4/h6-8H,5H2,1-4H3,(H,15,16)/b14-9+. The van der Waals surface area contributed by atoms with Gasteiger partial charge in [-0.1, -0.05) is 6.92 Å². The summed E-state index contributed by atoms with van der Waals surface area (Å²) in [6.07, 6.45) is 0.798. The second kappa shape index (κ2) is 6.64. The molecule has 1 N–H and O–H groups in total. The molecule has 1 rings (SSSR count). The predicted molar refractivity (Wildman–Crippen MR) is 70.4 cm³/mol. The van der Waals surface area contributed by atoms with Crippen LogP contribution in [-0.2, 0) is 0 Å². The van der Waals surface area contributed by atoms with Crippen molar-refractivity contribution in [2.24, 2.45) is 5.10 Å². The first-order valence-electron chi connectivity index (χ1n) is 5.67. The Morgan fingerprint density at radius 3 is 2.50 bits per heavy atom. The molecule has 0 radical (unpaired) electrons. The Labute approximate surface area is 107 Å². The minimum Gasteiger partial charge on any atom is -0.493 e. The normalized spacial score (nSPS) is 11.0. The summed E-state index contributed by atoms with van der Waals surface area (Å²) in [5, 5.41) is 3.96. The maximum atomic E-state index is 11.8. The van der Waals surface area contributed by atoms with Crippen molar-refractivity contribution >= 4 is 11.6 Å². The van der Waals surface area contributed by atoms with Gasteiger partial charge in [0.1, 0.15) is 0 Å². The Morgan fingerprint density at radius 2 is 1.94 bits per heavy atom. The molecule has 0 saturated carbocycles.